The van der Waals surface area contributed by atoms with Gasteiger partial charge in [0.15, 0.2) is 0 Å². The molecule has 1 aliphatic rings. The molecule has 0 aromatic carbocycles. The fourth-order valence-electron chi connectivity index (χ4n) is 2.18. The van der Waals surface area contributed by atoms with Crippen LogP contribution in [0, 0.1) is 5.92 Å². The van der Waals surface area contributed by atoms with Crippen molar-refractivity contribution in [2.75, 3.05) is 26.7 Å². The van der Waals surface area contributed by atoms with E-state index < -0.39 is 5.97 Å². The molecule has 6 nitrogen and oxygen atoms in total. The molecule has 1 heterocycles. The fourth-order valence-corrected chi connectivity index (χ4v) is 2.18. The third kappa shape index (κ3) is 4.68. The number of carbonyl (C=O) groups is 3. The molecule has 1 fully saturated rings. The molecule has 20 heavy (non-hydrogen) atoms. The van der Waals surface area contributed by atoms with E-state index in [-0.39, 0.29) is 24.3 Å². The van der Waals surface area contributed by atoms with Crippen molar-refractivity contribution in [1.82, 2.24) is 9.80 Å². The van der Waals surface area contributed by atoms with Crippen molar-refractivity contribution in [3.05, 3.63) is 12.7 Å². The number of hydrogen-bond acceptors (Lipinski definition) is 3. The first-order chi connectivity index (χ1) is 9.45. The van der Waals surface area contributed by atoms with Gasteiger partial charge in [-0.1, -0.05) is 6.08 Å². The number of hydrogen-bond donors (Lipinski definition) is 1. The summed E-state index contributed by atoms with van der Waals surface area (Å²) in [7, 11) is 1.60. The lowest BCUT2D eigenvalue weighted by Gasteiger charge is -2.31. The zero-order valence-electron chi connectivity index (χ0n) is 11.9. The molecular formula is C14H22N2O4. The van der Waals surface area contributed by atoms with Gasteiger partial charge >= 0.3 is 5.97 Å². The lowest BCUT2D eigenvalue weighted by molar-refractivity contribution is -0.146. The quantitative estimate of drug-likeness (QED) is 0.729. The molecular weight excluding hydrogens is 260 g/mol. The molecule has 0 radical (unpaired) electrons. The largest absolute Gasteiger partial charge is 0.481 e. The Morgan fingerprint density at radius 2 is 1.95 bits per heavy atom. The lowest BCUT2D eigenvalue weighted by atomic mass is 9.97. The van der Waals surface area contributed by atoms with Crippen molar-refractivity contribution >= 4 is 17.8 Å². The average molecular weight is 282 g/mol. The molecule has 1 aliphatic heterocycles. The number of nitrogens with zero attached hydrogens (tertiary/aromatic N) is 2. The Hall–Kier alpha value is -1.85. The fraction of sp³-hybridized carbons (Fsp3) is 0.643. The van der Waals surface area contributed by atoms with Crippen LogP contribution < -0.4 is 0 Å². The summed E-state index contributed by atoms with van der Waals surface area (Å²) in [5.41, 5.74) is 0. The topological polar surface area (TPSA) is 77.9 Å². The first-order valence-electron chi connectivity index (χ1n) is 6.81. The molecule has 0 saturated carbocycles. The highest BCUT2D eigenvalue weighted by molar-refractivity contribution is 5.85. The number of likely N-dealkylation sites (N-methyl/N-ethyl adjacent to an activating group) is 1. The van der Waals surface area contributed by atoms with Gasteiger partial charge in [-0.3, -0.25) is 14.4 Å². The number of piperidine rings is 1. The molecule has 0 aromatic rings. The Morgan fingerprint density at radius 3 is 2.45 bits per heavy atom. The standard InChI is InChI=1S/C14H22N2O4/c1-3-4-5-12(17)15(2)10-13(18)16-8-6-11(7-9-16)14(19)20/h3,11H,1,4-10H2,2H3,(H,19,20). The van der Waals surface area contributed by atoms with Crippen LogP contribution in [0.25, 0.3) is 0 Å². The van der Waals surface area contributed by atoms with Crippen molar-refractivity contribution in [2.24, 2.45) is 5.92 Å². The summed E-state index contributed by atoms with van der Waals surface area (Å²) in [5, 5.41) is 8.90. The van der Waals surface area contributed by atoms with Crippen molar-refractivity contribution in [1.29, 1.82) is 0 Å². The van der Waals surface area contributed by atoms with Gasteiger partial charge in [0, 0.05) is 26.6 Å². The van der Waals surface area contributed by atoms with Crippen LogP contribution >= 0.6 is 0 Å². The predicted octanol–water partition coefficient (Wildman–Crippen LogP) is 0.734. The summed E-state index contributed by atoms with van der Waals surface area (Å²) in [5.74, 6) is -1.36. The Labute approximate surface area is 119 Å². The molecule has 0 aliphatic carbocycles. The summed E-state index contributed by atoms with van der Waals surface area (Å²) in [6.45, 7) is 4.50. The van der Waals surface area contributed by atoms with E-state index in [4.69, 9.17) is 5.11 Å². The maximum absolute atomic E-state index is 12.0. The first kappa shape index (κ1) is 16.2. The first-order valence-corrected chi connectivity index (χ1v) is 6.81. The van der Waals surface area contributed by atoms with Gasteiger partial charge in [-0.05, 0) is 19.3 Å². The number of amides is 2. The van der Waals surface area contributed by atoms with E-state index >= 15 is 0 Å². The highest BCUT2D eigenvalue weighted by Gasteiger charge is 2.27. The van der Waals surface area contributed by atoms with E-state index in [0.717, 1.165) is 0 Å². The van der Waals surface area contributed by atoms with Crippen LogP contribution in [0.2, 0.25) is 0 Å². The van der Waals surface area contributed by atoms with Gasteiger partial charge in [-0.15, -0.1) is 6.58 Å². The number of carboxylic acid groups (broad SMARTS) is 1. The van der Waals surface area contributed by atoms with Crippen LogP contribution in [-0.4, -0.2) is 59.4 Å². The lowest BCUT2D eigenvalue weighted by Crippen LogP contribution is -2.45. The Kier molecular flexibility index (Phi) is 6.21. The highest BCUT2D eigenvalue weighted by Crippen LogP contribution is 2.17. The summed E-state index contributed by atoms with van der Waals surface area (Å²) in [4.78, 5) is 37.6. The van der Waals surface area contributed by atoms with Crippen LogP contribution in [0.15, 0.2) is 12.7 Å². The minimum atomic E-state index is -0.797. The van der Waals surface area contributed by atoms with Crippen molar-refractivity contribution in [2.45, 2.75) is 25.7 Å². The Morgan fingerprint density at radius 1 is 1.35 bits per heavy atom. The van der Waals surface area contributed by atoms with Crippen LogP contribution in [0.3, 0.4) is 0 Å². The number of carboxylic acids is 1. The minimum absolute atomic E-state index is 0.0493. The van der Waals surface area contributed by atoms with Gasteiger partial charge < -0.3 is 14.9 Å². The van der Waals surface area contributed by atoms with Gasteiger partial charge in [0.25, 0.3) is 0 Å². The van der Waals surface area contributed by atoms with Gasteiger partial charge in [0.05, 0.1) is 12.5 Å². The van der Waals surface area contributed by atoms with Crippen LogP contribution in [-0.2, 0) is 14.4 Å². The van der Waals surface area contributed by atoms with Crippen LogP contribution in [0.1, 0.15) is 25.7 Å². The zero-order chi connectivity index (χ0) is 15.1. The van der Waals surface area contributed by atoms with E-state index in [2.05, 4.69) is 6.58 Å². The molecule has 0 unspecified atom stereocenters. The van der Waals surface area contributed by atoms with Crippen molar-refractivity contribution in [3.63, 3.8) is 0 Å². The third-order valence-electron chi connectivity index (χ3n) is 3.56. The average Bonchev–Trinajstić information content (AvgIpc) is 2.44. The second-order valence-corrected chi connectivity index (χ2v) is 5.07. The molecule has 1 N–H and O–H groups in total. The normalized spacial score (nSPS) is 15.8. The maximum Gasteiger partial charge on any atom is 0.306 e. The maximum atomic E-state index is 12.0. The molecule has 1 saturated heterocycles. The second kappa shape index (κ2) is 7.67. The molecule has 0 atom stereocenters. The highest BCUT2D eigenvalue weighted by atomic mass is 16.4. The van der Waals surface area contributed by atoms with Gasteiger partial charge in [0.2, 0.25) is 11.8 Å². The summed E-state index contributed by atoms with van der Waals surface area (Å²) >= 11 is 0. The minimum Gasteiger partial charge on any atom is -0.481 e. The molecule has 0 spiro atoms. The van der Waals surface area contributed by atoms with Gasteiger partial charge in [0.1, 0.15) is 0 Å². The number of aliphatic carboxylic acids is 1. The SMILES string of the molecule is C=CCCC(=O)N(C)CC(=O)N1CCC(C(=O)O)CC1. The zero-order valence-corrected chi connectivity index (χ0v) is 11.9. The summed E-state index contributed by atoms with van der Waals surface area (Å²) in [6.07, 6.45) is 3.59. The summed E-state index contributed by atoms with van der Waals surface area (Å²) < 4.78 is 0. The van der Waals surface area contributed by atoms with E-state index in [9.17, 15) is 14.4 Å². The van der Waals surface area contributed by atoms with Crippen LogP contribution in [0.4, 0.5) is 0 Å². The van der Waals surface area contributed by atoms with Gasteiger partial charge in [-0.2, -0.15) is 0 Å². The van der Waals surface area contributed by atoms with Crippen LogP contribution in [0.5, 0.6) is 0 Å². The number of likely N-dealkylation sites (tertiary alicyclic amines) is 1. The monoisotopic (exact) mass is 282 g/mol. The molecule has 112 valence electrons. The third-order valence-corrected chi connectivity index (χ3v) is 3.56. The molecule has 2 amide bonds. The second-order valence-electron chi connectivity index (χ2n) is 5.07. The smallest absolute Gasteiger partial charge is 0.306 e. The molecule has 0 aromatic heterocycles. The summed E-state index contributed by atoms with van der Waals surface area (Å²) in [6, 6.07) is 0. The molecule has 0 bridgehead atoms. The van der Waals surface area contributed by atoms with E-state index in [1.807, 2.05) is 0 Å². The van der Waals surface area contributed by atoms with E-state index in [0.29, 0.717) is 38.8 Å². The Balaban J connectivity index is 2.38. The van der Waals surface area contributed by atoms with E-state index in [1.165, 1.54) is 4.90 Å². The van der Waals surface area contributed by atoms with Crippen molar-refractivity contribution in [3.8, 4) is 0 Å². The number of allylic oxidation sites excluding steroid dienone is 1. The van der Waals surface area contributed by atoms with Crippen molar-refractivity contribution < 1.29 is 19.5 Å². The number of carbonyl (C=O) groups excluding carboxylic acids is 2. The number of rotatable bonds is 6. The molecule has 6 heteroatoms. The van der Waals surface area contributed by atoms with E-state index in [1.54, 1.807) is 18.0 Å². The Bertz CT molecular complexity index is 387. The van der Waals surface area contributed by atoms with Gasteiger partial charge in [-0.25, -0.2) is 0 Å². The molecule has 1 rings (SSSR count). The predicted molar refractivity (Wildman–Crippen MR) is 74.0 cm³/mol.